The first-order valence-corrected chi connectivity index (χ1v) is 11.0. The lowest BCUT2D eigenvalue weighted by Crippen LogP contribution is -2.46. The number of fused-ring (bicyclic) bond motifs is 1. The van der Waals surface area contributed by atoms with Gasteiger partial charge in [0.1, 0.15) is 17.2 Å². The topological polar surface area (TPSA) is 63.6 Å². The number of hydrogen-bond donors (Lipinski definition) is 0. The number of rotatable bonds is 6. The Kier molecular flexibility index (Phi) is 5.17. The van der Waals surface area contributed by atoms with Crippen molar-refractivity contribution in [1.82, 2.24) is 19.9 Å². The third-order valence-electron chi connectivity index (χ3n) is 5.89. The molecule has 1 aliphatic carbocycles. The fourth-order valence-electron chi connectivity index (χ4n) is 4.30. The van der Waals surface area contributed by atoms with Crippen LogP contribution < -0.4 is 9.64 Å². The minimum Gasteiger partial charge on any atom is -0.481 e. The van der Waals surface area contributed by atoms with Crippen LogP contribution in [0, 0.1) is 0 Å². The molecule has 0 N–H and O–H groups in total. The summed E-state index contributed by atoms with van der Waals surface area (Å²) in [6, 6.07) is 3.15. The summed E-state index contributed by atoms with van der Waals surface area (Å²) in [5, 5.41) is 1.24. The number of aromatic nitrogens is 3. The Balaban J connectivity index is 1.22. The van der Waals surface area contributed by atoms with Gasteiger partial charge in [-0.1, -0.05) is 0 Å². The summed E-state index contributed by atoms with van der Waals surface area (Å²) in [5.41, 5.74) is 1.26. The van der Waals surface area contributed by atoms with E-state index in [0.717, 1.165) is 57.9 Å². The zero-order valence-electron chi connectivity index (χ0n) is 16.3. The molecule has 0 unspecified atom stereocenters. The first kappa shape index (κ1) is 18.3. The van der Waals surface area contributed by atoms with Crippen LogP contribution in [0.1, 0.15) is 41.3 Å². The van der Waals surface area contributed by atoms with Gasteiger partial charge in [0.25, 0.3) is 0 Å². The molecule has 0 amide bonds. The number of likely N-dealkylation sites (tertiary alicyclic amines) is 1. The van der Waals surface area contributed by atoms with E-state index >= 15 is 0 Å². The Morgan fingerprint density at radius 2 is 2.04 bits per heavy atom. The maximum Gasteiger partial charge on any atom is 0.218 e. The van der Waals surface area contributed by atoms with E-state index in [1.54, 1.807) is 13.4 Å². The summed E-state index contributed by atoms with van der Waals surface area (Å²) in [6.07, 6.45) is 7.44. The van der Waals surface area contributed by atoms with Gasteiger partial charge in [-0.25, -0.2) is 15.0 Å². The molecule has 2 aromatic rings. The summed E-state index contributed by atoms with van der Waals surface area (Å²) in [4.78, 5) is 20.0. The highest BCUT2D eigenvalue weighted by atomic mass is 32.1. The molecule has 0 spiro atoms. The van der Waals surface area contributed by atoms with Gasteiger partial charge in [-0.05, 0) is 25.7 Å². The van der Waals surface area contributed by atoms with E-state index in [9.17, 15) is 0 Å². The second-order valence-electron chi connectivity index (χ2n) is 7.84. The highest BCUT2D eigenvalue weighted by Crippen LogP contribution is 2.36. The van der Waals surface area contributed by atoms with Crippen LogP contribution in [0.3, 0.4) is 0 Å². The highest BCUT2D eigenvalue weighted by Gasteiger charge is 2.36. The second-order valence-corrected chi connectivity index (χ2v) is 9.01. The Morgan fingerprint density at radius 3 is 2.79 bits per heavy atom. The van der Waals surface area contributed by atoms with Crippen molar-refractivity contribution < 1.29 is 9.47 Å². The number of ether oxygens (including phenoxy) is 2. The fourth-order valence-corrected chi connectivity index (χ4v) is 5.40. The number of hydrogen-bond acceptors (Lipinski definition) is 8. The van der Waals surface area contributed by atoms with Crippen molar-refractivity contribution in [3.05, 3.63) is 28.0 Å². The highest BCUT2D eigenvalue weighted by molar-refractivity contribution is 7.11. The summed E-state index contributed by atoms with van der Waals surface area (Å²) in [7, 11) is 1.66. The molecule has 2 aliphatic heterocycles. The van der Waals surface area contributed by atoms with Gasteiger partial charge in [-0.2, -0.15) is 0 Å². The Bertz CT molecular complexity index is 793. The number of methoxy groups -OCH3 is 1. The minimum absolute atomic E-state index is 0.543. The monoisotopic (exact) mass is 401 g/mol. The molecule has 7 nitrogen and oxygen atoms in total. The molecule has 0 radical (unpaired) electrons. The lowest BCUT2D eigenvalue weighted by molar-refractivity contribution is 0.112. The number of nitrogens with zero attached hydrogens (tertiary/aromatic N) is 5. The van der Waals surface area contributed by atoms with Gasteiger partial charge in [0.05, 0.1) is 37.4 Å². The fraction of sp³-hybridized carbons (Fsp3) is 0.650. The molecule has 0 atom stereocenters. The van der Waals surface area contributed by atoms with Gasteiger partial charge in [-0.3, -0.25) is 4.90 Å². The van der Waals surface area contributed by atoms with E-state index in [1.807, 2.05) is 17.4 Å². The standard InChI is InChI=1S/C20H27N5O2S/c1-26-19-10-18(21-13-22-19)25(14-2-3-14)15-4-7-24(8-5-15)11-20-23-16-6-9-27-12-17(16)28-20/h10,13-15H,2-9,11-12H2,1H3. The Hall–Kier alpha value is -1.77. The summed E-state index contributed by atoms with van der Waals surface area (Å²) < 4.78 is 10.9. The van der Waals surface area contributed by atoms with Gasteiger partial charge in [0, 0.05) is 37.7 Å². The van der Waals surface area contributed by atoms with E-state index < -0.39 is 0 Å². The van der Waals surface area contributed by atoms with Gasteiger partial charge >= 0.3 is 0 Å². The van der Waals surface area contributed by atoms with Crippen LogP contribution in [0.4, 0.5) is 5.82 Å². The molecule has 2 aromatic heterocycles. The molecule has 150 valence electrons. The van der Waals surface area contributed by atoms with E-state index in [1.165, 1.54) is 28.4 Å². The van der Waals surface area contributed by atoms with Crippen LogP contribution >= 0.6 is 11.3 Å². The van der Waals surface area contributed by atoms with Crippen molar-refractivity contribution in [2.45, 2.75) is 57.3 Å². The summed E-state index contributed by atoms with van der Waals surface area (Å²) in [5.74, 6) is 1.66. The Labute approximate surface area is 169 Å². The zero-order valence-corrected chi connectivity index (χ0v) is 17.2. The first-order valence-electron chi connectivity index (χ1n) is 10.2. The van der Waals surface area contributed by atoms with E-state index in [0.29, 0.717) is 18.0 Å². The van der Waals surface area contributed by atoms with Gasteiger partial charge in [0.15, 0.2) is 0 Å². The van der Waals surface area contributed by atoms with Crippen LogP contribution in [0.5, 0.6) is 5.88 Å². The summed E-state index contributed by atoms with van der Waals surface area (Å²) in [6.45, 7) is 4.74. The van der Waals surface area contributed by atoms with Crippen molar-refractivity contribution in [3.63, 3.8) is 0 Å². The van der Waals surface area contributed by atoms with Gasteiger partial charge in [-0.15, -0.1) is 11.3 Å². The third-order valence-corrected chi connectivity index (χ3v) is 6.95. The van der Waals surface area contributed by atoms with Crippen molar-refractivity contribution in [2.75, 3.05) is 31.7 Å². The normalized spacial score (nSPS) is 20.8. The van der Waals surface area contributed by atoms with E-state index in [-0.39, 0.29) is 0 Å². The average molecular weight is 402 g/mol. The zero-order chi connectivity index (χ0) is 18.9. The molecule has 0 bridgehead atoms. The lowest BCUT2D eigenvalue weighted by atomic mass is 10.0. The summed E-state index contributed by atoms with van der Waals surface area (Å²) >= 11 is 1.83. The third kappa shape index (κ3) is 3.86. The molecule has 8 heteroatoms. The van der Waals surface area contributed by atoms with Crippen molar-refractivity contribution in [2.24, 2.45) is 0 Å². The van der Waals surface area contributed by atoms with Crippen LogP contribution in [0.2, 0.25) is 0 Å². The first-order chi connectivity index (χ1) is 13.8. The molecule has 1 saturated carbocycles. The predicted molar refractivity (Wildman–Crippen MR) is 108 cm³/mol. The number of anilines is 1. The van der Waals surface area contributed by atoms with Gasteiger partial charge < -0.3 is 14.4 Å². The van der Waals surface area contributed by atoms with E-state index in [4.69, 9.17) is 14.5 Å². The molecule has 28 heavy (non-hydrogen) atoms. The van der Waals surface area contributed by atoms with Crippen LogP contribution in [-0.4, -0.2) is 58.7 Å². The van der Waals surface area contributed by atoms with Crippen molar-refractivity contribution in [1.29, 1.82) is 0 Å². The van der Waals surface area contributed by atoms with Crippen LogP contribution in [0.15, 0.2) is 12.4 Å². The smallest absolute Gasteiger partial charge is 0.218 e. The molecular formula is C20H27N5O2S. The second kappa shape index (κ2) is 7.93. The average Bonchev–Trinajstić information content (AvgIpc) is 3.48. The molecule has 5 rings (SSSR count). The maximum absolute atomic E-state index is 5.56. The Morgan fingerprint density at radius 1 is 1.21 bits per heavy atom. The van der Waals surface area contributed by atoms with Crippen LogP contribution in [0.25, 0.3) is 0 Å². The molecule has 4 heterocycles. The molecule has 3 aliphatic rings. The SMILES string of the molecule is COc1cc(N(C2CC2)C2CCN(Cc3nc4c(s3)COCC4)CC2)ncn1. The molecule has 1 saturated heterocycles. The predicted octanol–water partition coefficient (Wildman–Crippen LogP) is 2.65. The lowest BCUT2D eigenvalue weighted by Gasteiger charge is -2.39. The van der Waals surface area contributed by atoms with Crippen LogP contribution in [-0.2, 0) is 24.3 Å². The van der Waals surface area contributed by atoms with Crippen molar-refractivity contribution >= 4 is 17.2 Å². The minimum atomic E-state index is 0.543. The molecular weight excluding hydrogens is 374 g/mol. The number of piperidine rings is 1. The molecule has 0 aromatic carbocycles. The van der Waals surface area contributed by atoms with Gasteiger partial charge in [0.2, 0.25) is 5.88 Å². The molecule has 2 fully saturated rings. The number of thiazole rings is 1. The largest absolute Gasteiger partial charge is 0.481 e. The van der Waals surface area contributed by atoms with Crippen molar-refractivity contribution in [3.8, 4) is 5.88 Å². The maximum atomic E-state index is 5.56. The van der Waals surface area contributed by atoms with E-state index in [2.05, 4.69) is 19.8 Å². The quantitative estimate of drug-likeness (QED) is 0.737.